The summed E-state index contributed by atoms with van der Waals surface area (Å²) in [4.78, 5) is 23.5. The fourth-order valence-corrected chi connectivity index (χ4v) is 1.76. The lowest BCUT2D eigenvalue weighted by Crippen LogP contribution is -2.42. The van der Waals surface area contributed by atoms with Crippen LogP contribution in [0.4, 0.5) is 0 Å². The monoisotopic (exact) mass is 275 g/mol. The minimum Gasteiger partial charge on any atom is -0.467 e. The zero-order valence-electron chi connectivity index (χ0n) is 12.0. The van der Waals surface area contributed by atoms with Crippen LogP contribution in [0.5, 0.6) is 0 Å². The van der Waals surface area contributed by atoms with Crippen molar-refractivity contribution in [3.8, 4) is 0 Å². The molecule has 1 aromatic rings. The topological polar surface area (TPSA) is 55.4 Å². The highest BCUT2D eigenvalue weighted by molar-refractivity contribution is 5.91. The van der Waals surface area contributed by atoms with Gasteiger partial charge >= 0.3 is 5.97 Å². The second kappa shape index (κ2) is 8.91. The predicted molar refractivity (Wildman–Crippen MR) is 78.1 cm³/mol. The molecule has 4 heteroatoms. The van der Waals surface area contributed by atoms with E-state index in [0.717, 1.165) is 18.4 Å². The third-order valence-electron chi connectivity index (χ3n) is 2.81. The number of methoxy groups -OCH3 is 1. The van der Waals surface area contributed by atoms with Gasteiger partial charge in [0.1, 0.15) is 6.04 Å². The molecule has 0 saturated heterocycles. The number of ether oxygens (including phenoxy) is 1. The molecule has 1 atom stereocenters. The van der Waals surface area contributed by atoms with Gasteiger partial charge in [-0.3, -0.25) is 4.79 Å². The minimum atomic E-state index is -0.666. The first-order valence-corrected chi connectivity index (χ1v) is 6.76. The van der Waals surface area contributed by atoms with Gasteiger partial charge < -0.3 is 10.1 Å². The highest BCUT2D eigenvalue weighted by Crippen LogP contribution is 2.04. The van der Waals surface area contributed by atoms with Crippen molar-refractivity contribution in [2.45, 2.75) is 32.2 Å². The van der Waals surface area contributed by atoms with Crippen LogP contribution < -0.4 is 5.32 Å². The van der Waals surface area contributed by atoms with E-state index in [1.165, 1.54) is 13.2 Å². The van der Waals surface area contributed by atoms with Crippen LogP contribution in [0.1, 0.15) is 25.3 Å². The van der Waals surface area contributed by atoms with Crippen molar-refractivity contribution in [2.75, 3.05) is 7.11 Å². The molecule has 0 aromatic heterocycles. The average Bonchev–Trinajstić information content (AvgIpc) is 2.47. The molecule has 4 nitrogen and oxygen atoms in total. The molecule has 0 unspecified atom stereocenters. The van der Waals surface area contributed by atoms with Gasteiger partial charge in [0, 0.05) is 6.42 Å². The van der Waals surface area contributed by atoms with Crippen LogP contribution in [0.15, 0.2) is 42.5 Å². The van der Waals surface area contributed by atoms with Gasteiger partial charge in [0.15, 0.2) is 0 Å². The van der Waals surface area contributed by atoms with Gasteiger partial charge in [-0.15, -0.1) is 0 Å². The Hall–Kier alpha value is -2.10. The quantitative estimate of drug-likeness (QED) is 0.613. The van der Waals surface area contributed by atoms with E-state index in [4.69, 9.17) is 4.74 Å². The molecule has 0 saturated carbocycles. The summed E-state index contributed by atoms with van der Waals surface area (Å²) < 4.78 is 4.73. The van der Waals surface area contributed by atoms with Crippen molar-refractivity contribution >= 4 is 11.9 Å². The van der Waals surface area contributed by atoms with Gasteiger partial charge in [0.05, 0.1) is 7.11 Å². The second-order valence-corrected chi connectivity index (χ2v) is 4.47. The third-order valence-corrected chi connectivity index (χ3v) is 2.81. The number of esters is 1. The van der Waals surface area contributed by atoms with Crippen molar-refractivity contribution in [3.63, 3.8) is 0 Å². The summed E-state index contributed by atoms with van der Waals surface area (Å²) in [6, 6.07) is 8.85. The lowest BCUT2D eigenvalue weighted by atomic mass is 10.1. The fraction of sp³-hybridized carbons (Fsp3) is 0.375. The van der Waals surface area contributed by atoms with E-state index in [0.29, 0.717) is 6.42 Å². The molecule has 0 radical (unpaired) electrons. The Bertz CT molecular complexity index is 454. The Morgan fingerprint density at radius 1 is 1.30 bits per heavy atom. The first kappa shape index (κ1) is 16.0. The lowest BCUT2D eigenvalue weighted by molar-refractivity contribution is -0.144. The van der Waals surface area contributed by atoms with Crippen LogP contribution in [0.3, 0.4) is 0 Å². The predicted octanol–water partition coefficient (Wildman–Crippen LogP) is 2.24. The molecule has 1 amide bonds. The SMILES string of the molecule is CCC/C=C/C(=O)N[C@@H](Cc1ccccc1)C(=O)OC. The van der Waals surface area contributed by atoms with Crippen LogP contribution in [0, 0.1) is 0 Å². The van der Waals surface area contributed by atoms with Gasteiger partial charge in [-0.25, -0.2) is 4.79 Å². The van der Waals surface area contributed by atoms with Crippen molar-refractivity contribution in [3.05, 3.63) is 48.0 Å². The Labute approximate surface area is 119 Å². The maximum absolute atomic E-state index is 11.7. The first-order valence-electron chi connectivity index (χ1n) is 6.76. The van der Waals surface area contributed by atoms with E-state index in [-0.39, 0.29) is 5.91 Å². The van der Waals surface area contributed by atoms with Crippen molar-refractivity contribution in [2.24, 2.45) is 0 Å². The summed E-state index contributed by atoms with van der Waals surface area (Å²) in [7, 11) is 1.32. The molecule has 1 N–H and O–H groups in total. The summed E-state index contributed by atoms with van der Waals surface area (Å²) in [5, 5.41) is 2.67. The van der Waals surface area contributed by atoms with Crippen molar-refractivity contribution in [1.82, 2.24) is 5.32 Å². The van der Waals surface area contributed by atoms with Gasteiger partial charge in [-0.05, 0) is 18.1 Å². The molecular formula is C16H21NO3. The average molecular weight is 275 g/mol. The molecule has 20 heavy (non-hydrogen) atoms. The third kappa shape index (κ3) is 5.69. The minimum absolute atomic E-state index is 0.273. The van der Waals surface area contributed by atoms with Crippen LogP contribution >= 0.6 is 0 Å². The van der Waals surface area contributed by atoms with E-state index >= 15 is 0 Å². The van der Waals surface area contributed by atoms with Crippen LogP contribution in [-0.2, 0) is 20.7 Å². The number of carbonyl (C=O) groups excluding carboxylic acids is 2. The number of amides is 1. The number of carbonyl (C=O) groups is 2. The molecule has 0 bridgehead atoms. The largest absolute Gasteiger partial charge is 0.467 e. The zero-order chi connectivity index (χ0) is 14.8. The van der Waals surface area contributed by atoms with Crippen molar-refractivity contribution < 1.29 is 14.3 Å². The Morgan fingerprint density at radius 3 is 2.60 bits per heavy atom. The van der Waals surface area contributed by atoms with Crippen LogP contribution in [-0.4, -0.2) is 25.0 Å². The molecular weight excluding hydrogens is 254 g/mol. The number of allylic oxidation sites excluding steroid dienone is 1. The highest BCUT2D eigenvalue weighted by atomic mass is 16.5. The number of rotatable bonds is 7. The van der Waals surface area contributed by atoms with Gasteiger partial charge in [0.25, 0.3) is 0 Å². The summed E-state index contributed by atoms with van der Waals surface area (Å²) in [6.07, 6.45) is 5.50. The summed E-state index contributed by atoms with van der Waals surface area (Å²) in [6.45, 7) is 2.04. The standard InChI is InChI=1S/C16H21NO3/c1-3-4-6-11-15(18)17-14(16(19)20-2)12-13-9-7-5-8-10-13/h5-11,14H,3-4,12H2,1-2H3,(H,17,18)/b11-6+/t14-/m0/s1. The van der Waals surface area contributed by atoms with E-state index < -0.39 is 12.0 Å². The molecule has 0 heterocycles. The van der Waals surface area contributed by atoms with Crippen LogP contribution in [0.2, 0.25) is 0 Å². The molecule has 108 valence electrons. The fourth-order valence-electron chi connectivity index (χ4n) is 1.76. The van der Waals surface area contributed by atoms with Crippen LogP contribution in [0.25, 0.3) is 0 Å². The Kier molecular flexibility index (Phi) is 7.11. The van der Waals surface area contributed by atoms with E-state index in [2.05, 4.69) is 5.32 Å². The Balaban J connectivity index is 2.65. The molecule has 1 rings (SSSR count). The Morgan fingerprint density at radius 2 is 2.00 bits per heavy atom. The second-order valence-electron chi connectivity index (χ2n) is 4.47. The number of nitrogens with one attached hydrogen (secondary N) is 1. The number of hydrogen-bond acceptors (Lipinski definition) is 3. The van der Waals surface area contributed by atoms with E-state index in [1.807, 2.05) is 37.3 Å². The normalized spacial score (nSPS) is 12.1. The van der Waals surface area contributed by atoms with E-state index in [9.17, 15) is 9.59 Å². The number of unbranched alkanes of at least 4 members (excludes halogenated alkanes) is 1. The lowest BCUT2D eigenvalue weighted by Gasteiger charge is -2.15. The highest BCUT2D eigenvalue weighted by Gasteiger charge is 2.20. The number of benzene rings is 1. The summed E-state index contributed by atoms with van der Waals surface area (Å²) in [5.74, 6) is -0.712. The van der Waals surface area contributed by atoms with Crippen molar-refractivity contribution in [1.29, 1.82) is 0 Å². The molecule has 1 aromatic carbocycles. The maximum atomic E-state index is 11.7. The first-order chi connectivity index (χ1) is 9.67. The van der Waals surface area contributed by atoms with Gasteiger partial charge in [-0.2, -0.15) is 0 Å². The molecule has 0 aliphatic rings. The molecule has 0 spiro atoms. The maximum Gasteiger partial charge on any atom is 0.328 e. The molecule has 0 aliphatic heterocycles. The summed E-state index contributed by atoms with van der Waals surface area (Å²) >= 11 is 0. The molecule has 0 aliphatic carbocycles. The summed E-state index contributed by atoms with van der Waals surface area (Å²) in [5.41, 5.74) is 0.973. The number of hydrogen-bond donors (Lipinski definition) is 1. The van der Waals surface area contributed by atoms with E-state index in [1.54, 1.807) is 6.08 Å². The van der Waals surface area contributed by atoms with Gasteiger partial charge in [0.2, 0.25) is 5.91 Å². The van der Waals surface area contributed by atoms with Gasteiger partial charge in [-0.1, -0.05) is 49.8 Å². The zero-order valence-corrected chi connectivity index (χ0v) is 12.0. The molecule has 0 fully saturated rings. The smallest absolute Gasteiger partial charge is 0.328 e.